The van der Waals surface area contributed by atoms with E-state index in [0.29, 0.717) is 6.10 Å². The first-order valence-electron chi connectivity index (χ1n) is 4.43. The number of aryl methyl sites for hydroxylation is 2. The van der Waals surface area contributed by atoms with Gasteiger partial charge in [0.1, 0.15) is 0 Å². The maximum absolute atomic E-state index is 5.21. The quantitative estimate of drug-likeness (QED) is 0.607. The first-order valence-corrected chi connectivity index (χ1v) is 4.43. The summed E-state index contributed by atoms with van der Waals surface area (Å²) in [6.07, 6.45) is 1.60. The van der Waals surface area contributed by atoms with Crippen molar-refractivity contribution in [2.24, 2.45) is 0 Å². The Bertz CT molecular complexity index is 287. The smallest absolute Gasteiger partial charge is 0.0850 e. The van der Waals surface area contributed by atoms with E-state index in [1.54, 1.807) is 0 Å². The molecule has 2 rings (SSSR count). The Morgan fingerprint density at radius 1 is 1.42 bits per heavy atom. The lowest BCUT2D eigenvalue weighted by molar-refractivity contribution is 0.407. The standard InChI is InChI=1S/C11H14O/c1-8-3-4-9(2)10(5-8)6-11-7-12-11/h3-5,11H,6-7H2,1-2H3. The molecule has 1 aromatic rings. The van der Waals surface area contributed by atoms with Crippen LogP contribution in [0.1, 0.15) is 16.7 Å². The molecule has 64 valence electrons. The van der Waals surface area contributed by atoms with E-state index in [-0.39, 0.29) is 0 Å². The van der Waals surface area contributed by atoms with Crippen LogP contribution in [-0.2, 0) is 11.2 Å². The van der Waals surface area contributed by atoms with Crippen LogP contribution in [-0.4, -0.2) is 12.7 Å². The maximum Gasteiger partial charge on any atom is 0.0850 e. The van der Waals surface area contributed by atoms with E-state index >= 15 is 0 Å². The van der Waals surface area contributed by atoms with E-state index < -0.39 is 0 Å². The van der Waals surface area contributed by atoms with Crippen LogP contribution < -0.4 is 0 Å². The van der Waals surface area contributed by atoms with E-state index in [4.69, 9.17) is 4.74 Å². The van der Waals surface area contributed by atoms with Gasteiger partial charge in [-0.05, 0) is 25.0 Å². The minimum absolute atomic E-state index is 0.505. The fourth-order valence-corrected chi connectivity index (χ4v) is 1.45. The first-order chi connectivity index (χ1) is 5.75. The van der Waals surface area contributed by atoms with Crippen LogP contribution >= 0.6 is 0 Å². The van der Waals surface area contributed by atoms with Crippen LogP contribution in [0.25, 0.3) is 0 Å². The van der Waals surface area contributed by atoms with Crippen molar-refractivity contribution in [2.75, 3.05) is 6.61 Å². The summed E-state index contributed by atoms with van der Waals surface area (Å²) >= 11 is 0. The highest BCUT2D eigenvalue weighted by atomic mass is 16.6. The molecule has 1 heterocycles. The second kappa shape index (κ2) is 2.91. The summed E-state index contributed by atoms with van der Waals surface area (Å²) < 4.78 is 5.21. The van der Waals surface area contributed by atoms with Gasteiger partial charge in [-0.2, -0.15) is 0 Å². The molecule has 12 heavy (non-hydrogen) atoms. The largest absolute Gasteiger partial charge is 0.373 e. The van der Waals surface area contributed by atoms with Gasteiger partial charge in [0.2, 0.25) is 0 Å². The van der Waals surface area contributed by atoms with Crippen LogP contribution in [0.15, 0.2) is 18.2 Å². The number of hydrogen-bond donors (Lipinski definition) is 0. The fourth-order valence-electron chi connectivity index (χ4n) is 1.45. The highest BCUT2D eigenvalue weighted by Gasteiger charge is 2.23. The van der Waals surface area contributed by atoms with E-state index in [1.165, 1.54) is 16.7 Å². The average Bonchev–Trinajstić information content (AvgIpc) is 2.81. The first kappa shape index (κ1) is 7.81. The van der Waals surface area contributed by atoms with Gasteiger partial charge in [-0.1, -0.05) is 23.8 Å². The maximum atomic E-state index is 5.21. The number of hydrogen-bond acceptors (Lipinski definition) is 1. The molecule has 1 aliphatic heterocycles. The van der Waals surface area contributed by atoms with Crippen molar-refractivity contribution in [1.82, 2.24) is 0 Å². The van der Waals surface area contributed by atoms with Crippen molar-refractivity contribution in [3.63, 3.8) is 0 Å². The number of rotatable bonds is 2. The molecule has 0 amide bonds. The summed E-state index contributed by atoms with van der Waals surface area (Å²) in [5.41, 5.74) is 4.17. The van der Waals surface area contributed by atoms with Gasteiger partial charge in [0.25, 0.3) is 0 Å². The Labute approximate surface area is 73.4 Å². The zero-order chi connectivity index (χ0) is 8.55. The van der Waals surface area contributed by atoms with Crippen LogP contribution in [0.5, 0.6) is 0 Å². The Morgan fingerprint density at radius 3 is 2.83 bits per heavy atom. The minimum Gasteiger partial charge on any atom is -0.373 e. The molecule has 1 heteroatoms. The third kappa shape index (κ3) is 1.67. The average molecular weight is 162 g/mol. The Hall–Kier alpha value is -0.820. The zero-order valence-corrected chi connectivity index (χ0v) is 7.63. The molecule has 0 spiro atoms. The molecule has 0 saturated carbocycles. The van der Waals surface area contributed by atoms with Crippen molar-refractivity contribution >= 4 is 0 Å². The van der Waals surface area contributed by atoms with Gasteiger partial charge in [-0.25, -0.2) is 0 Å². The summed E-state index contributed by atoms with van der Waals surface area (Å²) in [5, 5.41) is 0. The lowest BCUT2D eigenvalue weighted by atomic mass is 10.0. The molecule has 0 N–H and O–H groups in total. The number of ether oxygens (including phenoxy) is 1. The van der Waals surface area contributed by atoms with Gasteiger partial charge in [0.05, 0.1) is 12.7 Å². The molecule has 1 aromatic carbocycles. The second-order valence-corrected chi connectivity index (χ2v) is 3.59. The Kier molecular flexibility index (Phi) is 1.89. The normalized spacial score (nSPS) is 21.0. The highest BCUT2D eigenvalue weighted by Crippen LogP contribution is 2.19. The van der Waals surface area contributed by atoms with Crippen molar-refractivity contribution in [3.05, 3.63) is 34.9 Å². The van der Waals surface area contributed by atoms with Gasteiger partial charge in [-0.3, -0.25) is 0 Å². The summed E-state index contributed by atoms with van der Waals surface area (Å²) in [6, 6.07) is 6.61. The fraction of sp³-hybridized carbons (Fsp3) is 0.455. The third-order valence-electron chi connectivity index (χ3n) is 2.35. The summed E-state index contributed by atoms with van der Waals surface area (Å²) in [6.45, 7) is 5.25. The van der Waals surface area contributed by atoms with E-state index in [2.05, 4.69) is 32.0 Å². The minimum atomic E-state index is 0.505. The van der Waals surface area contributed by atoms with E-state index in [9.17, 15) is 0 Å². The predicted molar refractivity (Wildman–Crippen MR) is 49.4 cm³/mol. The van der Waals surface area contributed by atoms with E-state index in [0.717, 1.165) is 13.0 Å². The third-order valence-corrected chi connectivity index (χ3v) is 2.35. The van der Waals surface area contributed by atoms with Crippen molar-refractivity contribution in [1.29, 1.82) is 0 Å². The summed E-state index contributed by atoms with van der Waals surface area (Å²) in [5.74, 6) is 0. The molecule has 1 atom stereocenters. The van der Waals surface area contributed by atoms with Crippen LogP contribution in [0, 0.1) is 13.8 Å². The molecular weight excluding hydrogens is 148 g/mol. The van der Waals surface area contributed by atoms with Gasteiger partial charge >= 0.3 is 0 Å². The molecule has 1 nitrogen and oxygen atoms in total. The zero-order valence-electron chi connectivity index (χ0n) is 7.63. The van der Waals surface area contributed by atoms with Gasteiger partial charge in [-0.15, -0.1) is 0 Å². The lowest BCUT2D eigenvalue weighted by Gasteiger charge is -2.04. The molecule has 0 bridgehead atoms. The molecule has 0 radical (unpaired) electrons. The highest BCUT2D eigenvalue weighted by molar-refractivity contribution is 5.31. The second-order valence-electron chi connectivity index (χ2n) is 3.59. The summed E-state index contributed by atoms with van der Waals surface area (Å²) in [4.78, 5) is 0. The Morgan fingerprint density at radius 2 is 2.17 bits per heavy atom. The number of benzene rings is 1. The monoisotopic (exact) mass is 162 g/mol. The molecule has 1 aliphatic rings. The molecular formula is C11H14O. The summed E-state index contributed by atoms with van der Waals surface area (Å²) in [7, 11) is 0. The molecule has 1 saturated heterocycles. The number of epoxide rings is 1. The van der Waals surface area contributed by atoms with Crippen LogP contribution in [0.4, 0.5) is 0 Å². The SMILES string of the molecule is Cc1ccc(C)c(CC2CO2)c1. The molecule has 1 fully saturated rings. The van der Waals surface area contributed by atoms with Crippen LogP contribution in [0.3, 0.4) is 0 Å². The van der Waals surface area contributed by atoms with E-state index in [1.807, 2.05) is 0 Å². The van der Waals surface area contributed by atoms with Crippen molar-refractivity contribution in [2.45, 2.75) is 26.4 Å². The van der Waals surface area contributed by atoms with Gasteiger partial charge in [0.15, 0.2) is 0 Å². The van der Waals surface area contributed by atoms with Crippen molar-refractivity contribution in [3.8, 4) is 0 Å². The van der Waals surface area contributed by atoms with Gasteiger partial charge < -0.3 is 4.74 Å². The van der Waals surface area contributed by atoms with Gasteiger partial charge in [0, 0.05) is 6.42 Å². The molecule has 0 aromatic heterocycles. The Balaban J connectivity index is 2.21. The van der Waals surface area contributed by atoms with Crippen LogP contribution in [0.2, 0.25) is 0 Å². The lowest BCUT2D eigenvalue weighted by Crippen LogP contribution is -1.96. The van der Waals surface area contributed by atoms with Crippen molar-refractivity contribution < 1.29 is 4.74 Å². The topological polar surface area (TPSA) is 12.5 Å². The molecule has 1 unspecified atom stereocenters. The predicted octanol–water partition coefficient (Wildman–Crippen LogP) is 2.24. The molecule has 0 aliphatic carbocycles.